The summed E-state index contributed by atoms with van der Waals surface area (Å²) in [5.74, 6) is -0.0200. The number of carbonyl (C=O) groups is 1. The lowest BCUT2D eigenvalue weighted by Crippen LogP contribution is -2.25. The highest BCUT2D eigenvalue weighted by Gasteiger charge is 2.20. The summed E-state index contributed by atoms with van der Waals surface area (Å²) >= 11 is 0. The van der Waals surface area contributed by atoms with E-state index in [4.69, 9.17) is 9.52 Å². The number of anilines is 1. The van der Waals surface area contributed by atoms with Gasteiger partial charge in [0.25, 0.3) is 6.01 Å². The highest BCUT2D eigenvalue weighted by Crippen LogP contribution is 2.24. The molecule has 1 aliphatic rings. The van der Waals surface area contributed by atoms with Crippen LogP contribution >= 0.6 is 0 Å². The molecule has 5 nitrogen and oxygen atoms in total. The zero-order valence-corrected chi connectivity index (χ0v) is 7.91. The standard InChI is InChI=1S/C9H12N2O3/c1-5(8(12)13)10-9-11-6-3-2-4-7(6)14-9/h5H,2-4H2,1H3,(H,10,11)(H,12,13). The number of oxazole rings is 1. The number of nitrogens with zero attached hydrogens (tertiary/aromatic N) is 1. The number of carboxylic acids is 1. The number of aromatic nitrogens is 1. The Kier molecular flexibility index (Phi) is 2.15. The van der Waals surface area contributed by atoms with Crippen molar-refractivity contribution in [3.05, 3.63) is 11.5 Å². The van der Waals surface area contributed by atoms with E-state index in [-0.39, 0.29) is 0 Å². The van der Waals surface area contributed by atoms with E-state index in [0.29, 0.717) is 6.01 Å². The molecule has 0 aliphatic heterocycles. The van der Waals surface area contributed by atoms with Crippen LogP contribution < -0.4 is 5.32 Å². The van der Waals surface area contributed by atoms with Crippen LogP contribution in [0.1, 0.15) is 24.8 Å². The third-order valence-electron chi connectivity index (χ3n) is 2.31. The van der Waals surface area contributed by atoms with Crippen LogP contribution in [0.25, 0.3) is 0 Å². The first kappa shape index (κ1) is 9.05. The van der Waals surface area contributed by atoms with Gasteiger partial charge in [0, 0.05) is 6.42 Å². The predicted molar refractivity (Wildman–Crippen MR) is 49.2 cm³/mol. The largest absolute Gasteiger partial charge is 0.480 e. The van der Waals surface area contributed by atoms with Gasteiger partial charge in [0.15, 0.2) is 0 Å². The van der Waals surface area contributed by atoms with Gasteiger partial charge in [0.2, 0.25) is 0 Å². The van der Waals surface area contributed by atoms with E-state index in [1.807, 2.05) is 0 Å². The summed E-state index contributed by atoms with van der Waals surface area (Å²) in [5, 5.41) is 11.4. The second kappa shape index (κ2) is 3.32. The molecule has 0 spiro atoms. The van der Waals surface area contributed by atoms with E-state index in [0.717, 1.165) is 30.7 Å². The van der Waals surface area contributed by atoms with Crippen LogP contribution in [0.5, 0.6) is 0 Å². The van der Waals surface area contributed by atoms with E-state index in [9.17, 15) is 4.79 Å². The van der Waals surface area contributed by atoms with Crippen LogP contribution in [0, 0.1) is 0 Å². The van der Waals surface area contributed by atoms with Crippen molar-refractivity contribution in [2.75, 3.05) is 5.32 Å². The Bertz CT molecular complexity index is 337. The molecule has 5 heteroatoms. The zero-order valence-electron chi connectivity index (χ0n) is 7.91. The van der Waals surface area contributed by atoms with Gasteiger partial charge in [0.05, 0.1) is 5.69 Å². The fourth-order valence-electron chi connectivity index (χ4n) is 1.50. The second-order valence-electron chi connectivity index (χ2n) is 3.45. The van der Waals surface area contributed by atoms with Crippen LogP contribution in [0.4, 0.5) is 6.01 Å². The van der Waals surface area contributed by atoms with Gasteiger partial charge in [-0.15, -0.1) is 0 Å². The molecule has 0 radical (unpaired) electrons. The van der Waals surface area contributed by atoms with Crippen molar-refractivity contribution in [1.82, 2.24) is 4.98 Å². The average Bonchev–Trinajstić information content (AvgIpc) is 2.63. The summed E-state index contributed by atoms with van der Waals surface area (Å²) in [4.78, 5) is 14.7. The maximum atomic E-state index is 10.5. The zero-order chi connectivity index (χ0) is 10.1. The van der Waals surface area contributed by atoms with Gasteiger partial charge in [-0.05, 0) is 19.8 Å². The Morgan fingerprint density at radius 3 is 3.07 bits per heavy atom. The summed E-state index contributed by atoms with van der Waals surface area (Å²) in [5.41, 5.74) is 0.963. The van der Waals surface area contributed by atoms with E-state index in [1.54, 1.807) is 6.92 Å². The summed E-state index contributed by atoms with van der Waals surface area (Å²) in [7, 11) is 0. The summed E-state index contributed by atoms with van der Waals surface area (Å²) in [6.45, 7) is 1.55. The van der Waals surface area contributed by atoms with Crippen molar-refractivity contribution in [3.8, 4) is 0 Å². The summed E-state index contributed by atoms with van der Waals surface area (Å²) < 4.78 is 5.36. The van der Waals surface area contributed by atoms with Gasteiger partial charge < -0.3 is 14.8 Å². The molecule has 0 saturated heterocycles. The number of nitrogens with one attached hydrogen (secondary N) is 1. The Morgan fingerprint density at radius 2 is 2.43 bits per heavy atom. The van der Waals surface area contributed by atoms with Crippen LogP contribution in [0.15, 0.2) is 4.42 Å². The van der Waals surface area contributed by atoms with Crippen molar-refractivity contribution in [2.24, 2.45) is 0 Å². The van der Waals surface area contributed by atoms with Crippen molar-refractivity contribution >= 4 is 12.0 Å². The van der Waals surface area contributed by atoms with Crippen molar-refractivity contribution in [3.63, 3.8) is 0 Å². The minimum atomic E-state index is -0.914. The topological polar surface area (TPSA) is 75.4 Å². The first-order chi connectivity index (χ1) is 6.66. The number of aliphatic carboxylic acids is 1. The molecule has 2 rings (SSSR count). The lowest BCUT2D eigenvalue weighted by Gasteiger charge is -2.05. The minimum absolute atomic E-state index is 0.324. The van der Waals surface area contributed by atoms with Gasteiger partial charge in [0.1, 0.15) is 11.8 Å². The minimum Gasteiger partial charge on any atom is -0.480 e. The monoisotopic (exact) mass is 196 g/mol. The Hall–Kier alpha value is -1.52. The molecule has 1 aromatic heterocycles. The molecule has 0 aromatic carbocycles. The van der Waals surface area contributed by atoms with E-state index in [2.05, 4.69) is 10.3 Å². The van der Waals surface area contributed by atoms with Crippen LogP contribution in [0.2, 0.25) is 0 Å². The van der Waals surface area contributed by atoms with Gasteiger partial charge in [-0.2, -0.15) is 4.98 Å². The highest BCUT2D eigenvalue weighted by atomic mass is 16.4. The number of carboxylic acid groups (broad SMARTS) is 1. The normalized spacial score (nSPS) is 16.4. The molecule has 14 heavy (non-hydrogen) atoms. The molecule has 76 valence electrons. The first-order valence-electron chi connectivity index (χ1n) is 4.65. The molecule has 1 atom stereocenters. The molecule has 0 saturated carbocycles. The molecule has 1 aliphatic carbocycles. The third-order valence-corrected chi connectivity index (χ3v) is 2.31. The molecular weight excluding hydrogens is 184 g/mol. The van der Waals surface area contributed by atoms with E-state index < -0.39 is 12.0 Å². The van der Waals surface area contributed by atoms with E-state index >= 15 is 0 Å². The number of rotatable bonds is 3. The number of hydrogen-bond acceptors (Lipinski definition) is 4. The Balaban J connectivity index is 2.07. The fraction of sp³-hybridized carbons (Fsp3) is 0.556. The first-order valence-corrected chi connectivity index (χ1v) is 4.65. The quantitative estimate of drug-likeness (QED) is 0.755. The molecular formula is C9H12N2O3. The lowest BCUT2D eigenvalue weighted by atomic mass is 10.3. The Labute approximate surface area is 81.1 Å². The number of fused-ring (bicyclic) bond motifs is 1. The van der Waals surface area contributed by atoms with Crippen molar-refractivity contribution in [1.29, 1.82) is 0 Å². The van der Waals surface area contributed by atoms with Crippen molar-refractivity contribution in [2.45, 2.75) is 32.2 Å². The molecule has 1 heterocycles. The molecule has 0 bridgehead atoms. The number of hydrogen-bond donors (Lipinski definition) is 2. The molecule has 0 amide bonds. The van der Waals surface area contributed by atoms with Gasteiger partial charge >= 0.3 is 5.97 Å². The van der Waals surface area contributed by atoms with Gasteiger partial charge in [-0.3, -0.25) is 4.79 Å². The number of aryl methyl sites for hydroxylation is 2. The SMILES string of the molecule is CC(Nc1nc2c(o1)CCC2)C(=O)O. The van der Waals surface area contributed by atoms with Crippen LogP contribution in [-0.2, 0) is 17.6 Å². The van der Waals surface area contributed by atoms with Crippen LogP contribution in [-0.4, -0.2) is 22.1 Å². The van der Waals surface area contributed by atoms with E-state index in [1.165, 1.54) is 0 Å². The predicted octanol–water partition coefficient (Wildman–Crippen LogP) is 1.05. The lowest BCUT2D eigenvalue weighted by molar-refractivity contribution is -0.137. The molecule has 2 N–H and O–H groups in total. The maximum absolute atomic E-state index is 10.5. The molecule has 0 fully saturated rings. The Morgan fingerprint density at radius 1 is 1.64 bits per heavy atom. The highest BCUT2D eigenvalue weighted by molar-refractivity contribution is 5.75. The summed E-state index contributed by atoms with van der Waals surface area (Å²) in [6.07, 6.45) is 2.92. The second-order valence-corrected chi connectivity index (χ2v) is 3.45. The third kappa shape index (κ3) is 1.57. The summed E-state index contributed by atoms with van der Waals surface area (Å²) in [6, 6.07) is -0.349. The molecule has 1 unspecified atom stereocenters. The van der Waals surface area contributed by atoms with Crippen molar-refractivity contribution < 1.29 is 14.3 Å². The van der Waals surface area contributed by atoms with Gasteiger partial charge in [-0.25, -0.2) is 0 Å². The smallest absolute Gasteiger partial charge is 0.325 e. The molecule has 1 aromatic rings. The fourth-order valence-corrected chi connectivity index (χ4v) is 1.50. The van der Waals surface area contributed by atoms with Gasteiger partial charge in [-0.1, -0.05) is 0 Å². The maximum Gasteiger partial charge on any atom is 0.325 e. The average molecular weight is 196 g/mol. The van der Waals surface area contributed by atoms with Crippen LogP contribution in [0.3, 0.4) is 0 Å².